The molecule has 0 radical (unpaired) electrons. The van der Waals surface area contributed by atoms with Gasteiger partial charge in [-0.05, 0) is 38.4 Å². The van der Waals surface area contributed by atoms with Crippen molar-refractivity contribution >= 4 is 15.9 Å². The van der Waals surface area contributed by atoms with Gasteiger partial charge in [0.25, 0.3) is 0 Å². The van der Waals surface area contributed by atoms with Gasteiger partial charge in [0, 0.05) is 23.1 Å². The van der Waals surface area contributed by atoms with Crippen molar-refractivity contribution in [3.8, 4) is 0 Å². The maximum absolute atomic E-state index is 6.05. The van der Waals surface area contributed by atoms with Crippen molar-refractivity contribution < 1.29 is 0 Å². The summed E-state index contributed by atoms with van der Waals surface area (Å²) < 4.78 is 1.16. The molecule has 2 N–H and O–H groups in total. The third-order valence-electron chi connectivity index (χ3n) is 3.57. The third kappa shape index (κ3) is 4.90. The van der Waals surface area contributed by atoms with E-state index in [9.17, 15) is 0 Å². The summed E-state index contributed by atoms with van der Waals surface area (Å²) in [5, 5.41) is 0. The van der Waals surface area contributed by atoms with Crippen LogP contribution in [0.15, 0.2) is 28.7 Å². The molecule has 0 saturated heterocycles. The van der Waals surface area contributed by atoms with E-state index in [0.717, 1.165) is 11.0 Å². The molecule has 0 amide bonds. The fourth-order valence-electron chi connectivity index (χ4n) is 2.50. The van der Waals surface area contributed by atoms with Crippen LogP contribution in [-0.2, 0) is 0 Å². The molecular weight excluding hydrogens is 300 g/mol. The lowest BCUT2D eigenvalue weighted by atomic mass is 10.0. The lowest BCUT2D eigenvalue weighted by Crippen LogP contribution is -2.39. The Morgan fingerprint density at radius 3 is 2.42 bits per heavy atom. The second-order valence-electron chi connectivity index (χ2n) is 5.31. The van der Waals surface area contributed by atoms with Gasteiger partial charge in [0.1, 0.15) is 0 Å². The Morgan fingerprint density at radius 1 is 1.21 bits per heavy atom. The van der Waals surface area contributed by atoms with Gasteiger partial charge in [-0.15, -0.1) is 0 Å². The Labute approximate surface area is 126 Å². The summed E-state index contributed by atoms with van der Waals surface area (Å²) in [5.41, 5.74) is 7.36. The van der Waals surface area contributed by atoms with E-state index in [0.29, 0.717) is 18.6 Å². The molecule has 108 valence electrons. The zero-order chi connectivity index (χ0) is 14.3. The van der Waals surface area contributed by atoms with Crippen molar-refractivity contribution in [3.63, 3.8) is 0 Å². The number of halogens is 1. The van der Waals surface area contributed by atoms with Crippen LogP contribution in [0.5, 0.6) is 0 Å². The minimum absolute atomic E-state index is 0.299. The molecular formula is C16H27BrN2. The molecule has 1 aromatic rings. The smallest absolute Gasteiger partial charge is 0.0484 e. The molecule has 1 rings (SSSR count). The van der Waals surface area contributed by atoms with E-state index in [-0.39, 0.29) is 0 Å². The monoisotopic (exact) mass is 326 g/mol. The van der Waals surface area contributed by atoms with Gasteiger partial charge in [0.2, 0.25) is 0 Å². The Hall–Kier alpha value is -0.380. The van der Waals surface area contributed by atoms with Crippen LogP contribution in [0.1, 0.15) is 51.6 Å². The van der Waals surface area contributed by atoms with Crippen LogP contribution in [0.4, 0.5) is 0 Å². The number of hydrogen-bond donors (Lipinski definition) is 1. The summed E-state index contributed by atoms with van der Waals surface area (Å²) in [6.07, 6.45) is 3.79. The van der Waals surface area contributed by atoms with Crippen molar-refractivity contribution in [1.82, 2.24) is 4.90 Å². The van der Waals surface area contributed by atoms with E-state index in [1.165, 1.54) is 24.8 Å². The fraction of sp³-hybridized carbons (Fsp3) is 0.625. The first-order valence-corrected chi connectivity index (χ1v) is 8.11. The summed E-state index contributed by atoms with van der Waals surface area (Å²) >= 11 is 3.65. The van der Waals surface area contributed by atoms with Crippen LogP contribution in [0.3, 0.4) is 0 Å². The Balaban J connectivity index is 2.87. The number of rotatable bonds is 8. The van der Waals surface area contributed by atoms with Gasteiger partial charge in [0.05, 0.1) is 0 Å². The van der Waals surface area contributed by atoms with Crippen LogP contribution < -0.4 is 5.73 Å². The number of hydrogen-bond acceptors (Lipinski definition) is 2. The van der Waals surface area contributed by atoms with E-state index >= 15 is 0 Å². The van der Waals surface area contributed by atoms with Gasteiger partial charge in [-0.2, -0.15) is 0 Å². The lowest BCUT2D eigenvalue weighted by molar-refractivity contribution is 0.153. The van der Waals surface area contributed by atoms with Crippen molar-refractivity contribution in [2.24, 2.45) is 5.73 Å². The molecule has 1 aromatic carbocycles. The van der Waals surface area contributed by atoms with Crippen LogP contribution in [0, 0.1) is 0 Å². The maximum atomic E-state index is 6.05. The number of benzene rings is 1. The molecule has 0 aromatic heterocycles. The van der Waals surface area contributed by atoms with Gasteiger partial charge in [-0.25, -0.2) is 0 Å². The van der Waals surface area contributed by atoms with Crippen molar-refractivity contribution in [2.45, 2.75) is 52.1 Å². The number of unbranched alkanes of at least 4 members (excludes halogenated alkanes) is 2. The summed E-state index contributed by atoms with van der Waals surface area (Å²) in [6, 6.07) is 9.23. The molecule has 1 unspecified atom stereocenters. The van der Waals surface area contributed by atoms with Crippen molar-refractivity contribution in [2.75, 3.05) is 13.1 Å². The predicted octanol–water partition coefficient (Wildman–Crippen LogP) is 4.35. The summed E-state index contributed by atoms with van der Waals surface area (Å²) in [4.78, 5) is 2.52. The largest absolute Gasteiger partial charge is 0.329 e. The molecule has 0 aliphatic carbocycles. The molecule has 0 aliphatic heterocycles. The number of nitrogens with zero attached hydrogens (tertiary/aromatic N) is 1. The Morgan fingerprint density at radius 2 is 1.89 bits per heavy atom. The van der Waals surface area contributed by atoms with Crippen LogP contribution in [0.2, 0.25) is 0 Å². The molecule has 0 fully saturated rings. The highest BCUT2D eigenvalue weighted by molar-refractivity contribution is 9.10. The predicted molar refractivity (Wildman–Crippen MR) is 87.3 cm³/mol. The lowest BCUT2D eigenvalue weighted by Gasteiger charge is -2.35. The average Bonchev–Trinajstić information content (AvgIpc) is 2.39. The van der Waals surface area contributed by atoms with E-state index in [2.05, 4.69) is 65.9 Å². The van der Waals surface area contributed by atoms with Gasteiger partial charge in [-0.3, -0.25) is 4.90 Å². The fourth-order valence-corrected chi connectivity index (χ4v) is 3.05. The zero-order valence-electron chi connectivity index (χ0n) is 12.4. The molecule has 1 atom stereocenters. The van der Waals surface area contributed by atoms with Crippen molar-refractivity contribution in [1.29, 1.82) is 0 Å². The molecule has 0 aliphatic rings. The minimum Gasteiger partial charge on any atom is -0.329 e. The van der Waals surface area contributed by atoms with Gasteiger partial charge in [0.15, 0.2) is 0 Å². The van der Waals surface area contributed by atoms with Gasteiger partial charge < -0.3 is 5.73 Å². The first-order valence-electron chi connectivity index (χ1n) is 7.32. The molecule has 0 bridgehead atoms. The van der Waals surface area contributed by atoms with E-state index in [1.54, 1.807) is 0 Å². The molecule has 19 heavy (non-hydrogen) atoms. The topological polar surface area (TPSA) is 29.3 Å². The second kappa shape index (κ2) is 8.72. The highest BCUT2D eigenvalue weighted by atomic mass is 79.9. The van der Waals surface area contributed by atoms with Gasteiger partial charge >= 0.3 is 0 Å². The molecule has 3 heteroatoms. The van der Waals surface area contributed by atoms with Gasteiger partial charge in [-0.1, -0.05) is 53.9 Å². The summed E-state index contributed by atoms with van der Waals surface area (Å²) in [7, 11) is 0. The van der Waals surface area contributed by atoms with E-state index < -0.39 is 0 Å². The minimum atomic E-state index is 0.299. The van der Waals surface area contributed by atoms with E-state index in [4.69, 9.17) is 5.73 Å². The van der Waals surface area contributed by atoms with Crippen LogP contribution >= 0.6 is 15.9 Å². The normalized spacial score (nSPS) is 13.2. The van der Waals surface area contributed by atoms with E-state index in [1.807, 2.05) is 0 Å². The molecule has 2 nitrogen and oxygen atoms in total. The highest BCUT2D eigenvalue weighted by Gasteiger charge is 2.22. The van der Waals surface area contributed by atoms with Crippen LogP contribution in [0.25, 0.3) is 0 Å². The SMILES string of the molecule is CCCCCN(C(C)C)C(CN)c1ccccc1Br. The Bertz CT molecular complexity index is 366. The first kappa shape index (κ1) is 16.7. The van der Waals surface area contributed by atoms with Crippen LogP contribution in [-0.4, -0.2) is 24.0 Å². The quantitative estimate of drug-likeness (QED) is 0.719. The average molecular weight is 327 g/mol. The van der Waals surface area contributed by atoms with Crippen molar-refractivity contribution in [3.05, 3.63) is 34.3 Å². The Kier molecular flexibility index (Phi) is 7.66. The summed E-state index contributed by atoms with van der Waals surface area (Å²) in [5.74, 6) is 0. The number of nitrogens with two attached hydrogens (primary N) is 1. The standard InChI is InChI=1S/C16H27BrN2/c1-4-5-8-11-19(13(2)3)16(12-18)14-9-6-7-10-15(14)17/h6-7,9-10,13,16H,4-5,8,11-12,18H2,1-3H3. The summed E-state index contributed by atoms with van der Waals surface area (Å²) in [6.45, 7) is 8.53. The third-order valence-corrected chi connectivity index (χ3v) is 4.29. The molecule has 0 heterocycles. The highest BCUT2D eigenvalue weighted by Crippen LogP contribution is 2.28. The molecule has 0 spiro atoms. The maximum Gasteiger partial charge on any atom is 0.0484 e. The second-order valence-corrected chi connectivity index (χ2v) is 6.17. The first-order chi connectivity index (χ1) is 9.11. The molecule has 0 saturated carbocycles. The zero-order valence-corrected chi connectivity index (χ0v) is 14.0.